The third-order valence-corrected chi connectivity index (χ3v) is 7.87. The molecule has 1 fully saturated rings. The fourth-order valence-corrected chi connectivity index (χ4v) is 5.68. The van der Waals surface area contributed by atoms with E-state index in [0.29, 0.717) is 22.5 Å². The number of hydrogen-bond acceptors (Lipinski definition) is 7. The SMILES string of the molecule is C=CCc1cc(C=C2C(=O)N(c3ccccc3)C(=O)N(c3ccccc3)C2=O)cc(OCC)c1OS(=O)(=O)c1ccccc1. The predicted octanol–water partition coefficient (Wildman–Crippen LogP) is 6.16. The van der Waals surface area contributed by atoms with Crippen molar-refractivity contribution < 1.29 is 31.7 Å². The average molecular weight is 609 g/mol. The summed E-state index contributed by atoms with van der Waals surface area (Å²) in [4.78, 5) is 43.0. The highest BCUT2D eigenvalue weighted by atomic mass is 32.2. The summed E-state index contributed by atoms with van der Waals surface area (Å²) in [5.41, 5.74) is 1.04. The summed E-state index contributed by atoms with van der Waals surface area (Å²) < 4.78 is 37.6. The zero-order valence-corrected chi connectivity index (χ0v) is 24.6. The molecule has 0 N–H and O–H groups in total. The highest BCUT2D eigenvalue weighted by Gasteiger charge is 2.43. The van der Waals surface area contributed by atoms with Crippen LogP contribution < -0.4 is 18.7 Å². The van der Waals surface area contributed by atoms with Crippen LogP contribution in [0.5, 0.6) is 11.5 Å². The summed E-state index contributed by atoms with van der Waals surface area (Å²) in [6, 6.07) is 26.6. The fraction of sp³-hybridized carbons (Fsp3) is 0.0882. The molecule has 0 bridgehead atoms. The third kappa shape index (κ3) is 6.02. The molecule has 0 radical (unpaired) electrons. The lowest BCUT2D eigenvalue weighted by Gasteiger charge is -2.34. The molecule has 44 heavy (non-hydrogen) atoms. The van der Waals surface area contributed by atoms with Gasteiger partial charge in [0.15, 0.2) is 11.5 Å². The van der Waals surface area contributed by atoms with Crippen LogP contribution in [0.1, 0.15) is 18.1 Å². The van der Waals surface area contributed by atoms with Gasteiger partial charge in [-0.1, -0.05) is 60.7 Å². The zero-order valence-electron chi connectivity index (χ0n) is 23.8. The van der Waals surface area contributed by atoms with E-state index in [-0.39, 0.29) is 35.0 Å². The van der Waals surface area contributed by atoms with Crippen LogP contribution in [0.4, 0.5) is 16.2 Å². The van der Waals surface area contributed by atoms with Crippen molar-refractivity contribution in [1.82, 2.24) is 0 Å². The molecule has 9 nitrogen and oxygen atoms in total. The topological polar surface area (TPSA) is 110 Å². The Balaban J connectivity index is 1.64. The first kappa shape index (κ1) is 30.0. The van der Waals surface area contributed by atoms with Gasteiger partial charge in [-0.15, -0.1) is 6.58 Å². The Kier molecular flexibility index (Phi) is 8.73. The Bertz CT molecular complexity index is 1790. The van der Waals surface area contributed by atoms with Crippen LogP contribution in [0, 0.1) is 0 Å². The Morgan fingerprint density at radius 2 is 1.30 bits per heavy atom. The minimum atomic E-state index is -4.22. The van der Waals surface area contributed by atoms with Crippen molar-refractivity contribution in [2.24, 2.45) is 0 Å². The second-order valence-corrected chi connectivity index (χ2v) is 11.1. The van der Waals surface area contributed by atoms with Gasteiger partial charge in [0.1, 0.15) is 10.5 Å². The van der Waals surface area contributed by atoms with Gasteiger partial charge in [-0.25, -0.2) is 14.6 Å². The average Bonchev–Trinajstić information content (AvgIpc) is 3.03. The van der Waals surface area contributed by atoms with Crippen LogP contribution in [0.3, 0.4) is 0 Å². The van der Waals surface area contributed by atoms with Gasteiger partial charge in [0.05, 0.1) is 18.0 Å². The van der Waals surface area contributed by atoms with Gasteiger partial charge < -0.3 is 8.92 Å². The molecule has 0 aliphatic carbocycles. The maximum absolute atomic E-state index is 13.8. The number of hydrogen-bond donors (Lipinski definition) is 0. The summed E-state index contributed by atoms with van der Waals surface area (Å²) in [6.07, 6.45) is 3.10. The van der Waals surface area contributed by atoms with Gasteiger partial charge >= 0.3 is 16.1 Å². The van der Waals surface area contributed by atoms with E-state index < -0.39 is 28.0 Å². The Hall–Kier alpha value is -5.48. The molecule has 1 aliphatic rings. The molecule has 0 spiro atoms. The molecular weight excluding hydrogens is 580 g/mol. The fourth-order valence-electron chi connectivity index (χ4n) is 4.68. The van der Waals surface area contributed by atoms with Gasteiger partial charge in [0.25, 0.3) is 11.8 Å². The largest absolute Gasteiger partial charge is 0.490 e. The van der Waals surface area contributed by atoms with Gasteiger partial charge in [-0.05, 0) is 73.5 Å². The lowest BCUT2D eigenvalue weighted by atomic mass is 10.0. The van der Waals surface area contributed by atoms with E-state index in [2.05, 4.69) is 6.58 Å². The van der Waals surface area contributed by atoms with E-state index in [0.717, 1.165) is 9.80 Å². The lowest BCUT2D eigenvalue weighted by molar-refractivity contribution is -0.121. The van der Waals surface area contributed by atoms with E-state index in [1.54, 1.807) is 97.9 Å². The number of carbonyl (C=O) groups excluding carboxylic acids is 3. The molecule has 10 heteroatoms. The van der Waals surface area contributed by atoms with Crippen molar-refractivity contribution >= 4 is 45.4 Å². The third-order valence-electron chi connectivity index (χ3n) is 6.63. The number of allylic oxidation sites excluding steroid dienone is 1. The van der Waals surface area contributed by atoms with E-state index in [4.69, 9.17) is 8.92 Å². The van der Waals surface area contributed by atoms with Gasteiger partial charge in [0.2, 0.25) is 0 Å². The molecule has 222 valence electrons. The number of nitrogens with zero attached hydrogens (tertiary/aromatic N) is 2. The van der Waals surface area contributed by atoms with E-state index in [9.17, 15) is 22.8 Å². The second kappa shape index (κ2) is 12.8. The van der Waals surface area contributed by atoms with Crippen molar-refractivity contribution in [2.75, 3.05) is 16.4 Å². The number of para-hydroxylation sites is 2. The normalized spacial score (nSPS) is 13.6. The molecule has 1 saturated heterocycles. The monoisotopic (exact) mass is 608 g/mol. The molecule has 0 atom stereocenters. The van der Waals surface area contributed by atoms with Crippen LogP contribution in [-0.2, 0) is 26.1 Å². The molecule has 0 unspecified atom stereocenters. The highest BCUT2D eigenvalue weighted by Crippen LogP contribution is 2.37. The lowest BCUT2D eigenvalue weighted by Crippen LogP contribution is -2.57. The molecule has 4 aromatic rings. The standard InChI is InChI=1S/C34H28N2O7S/c1-3-14-25-21-24(23-30(42-4-2)31(25)43-44(40,41)28-19-12-7-13-20-28)22-29-32(37)35(26-15-8-5-9-16-26)34(39)36(33(29)38)27-17-10-6-11-18-27/h3,5-13,15-23H,1,4,14H2,2H3. The number of rotatable bonds is 10. The minimum absolute atomic E-state index is 0.0361. The number of amides is 4. The molecule has 4 amide bonds. The first-order valence-electron chi connectivity index (χ1n) is 13.7. The first-order chi connectivity index (χ1) is 21.2. The predicted molar refractivity (Wildman–Crippen MR) is 167 cm³/mol. The van der Waals surface area contributed by atoms with Crippen molar-refractivity contribution in [3.63, 3.8) is 0 Å². The van der Waals surface area contributed by atoms with Gasteiger partial charge in [-0.3, -0.25) is 9.59 Å². The number of imide groups is 2. The summed E-state index contributed by atoms with van der Waals surface area (Å²) in [7, 11) is -4.22. The molecule has 4 aromatic carbocycles. The summed E-state index contributed by atoms with van der Waals surface area (Å²) in [5, 5.41) is 0. The Morgan fingerprint density at radius 3 is 1.80 bits per heavy atom. The van der Waals surface area contributed by atoms with Crippen LogP contribution in [0.25, 0.3) is 6.08 Å². The maximum Gasteiger partial charge on any atom is 0.343 e. The van der Waals surface area contributed by atoms with Crippen LogP contribution in [0.2, 0.25) is 0 Å². The number of benzene rings is 4. The van der Waals surface area contributed by atoms with Crippen molar-refractivity contribution in [3.05, 3.63) is 132 Å². The zero-order chi connectivity index (χ0) is 31.3. The van der Waals surface area contributed by atoms with Crippen LogP contribution in [-0.4, -0.2) is 32.9 Å². The quantitative estimate of drug-likeness (QED) is 0.0917. The van der Waals surface area contributed by atoms with Gasteiger partial charge in [-0.2, -0.15) is 8.42 Å². The first-order valence-corrected chi connectivity index (χ1v) is 15.1. The van der Waals surface area contributed by atoms with E-state index in [1.807, 2.05) is 0 Å². The maximum atomic E-state index is 13.8. The minimum Gasteiger partial charge on any atom is -0.490 e. The molecule has 1 heterocycles. The Labute approximate surface area is 255 Å². The van der Waals surface area contributed by atoms with Crippen LogP contribution in [0.15, 0.2) is 126 Å². The molecular formula is C34H28N2O7S. The Morgan fingerprint density at radius 1 is 0.773 bits per heavy atom. The van der Waals surface area contributed by atoms with Crippen LogP contribution >= 0.6 is 0 Å². The second-order valence-electron chi connectivity index (χ2n) is 9.58. The summed E-state index contributed by atoms with van der Waals surface area (Å²) >= 11 is 0. The number of carbonyl (C=O) groups is 3. The molecule has 0 aromatic heterocycles. The number of barbiturate groups is 1. The van der Waals surface area contributed by atoms with Crippen molar-refractivity contribution in [2.45, 2.75) is 18.2 Å². The molecule has 0 saturated carbocycles. The number of urea groups is 1. The smallest absolute Gasteiger partial charge is 0.343 e. The van der Waals surface area contributed by atoms with E-state index >= 15 is 0 Å². The van der Waals surface area contributed by atoms with Crippen molar-refractivity contribution in [3.8, 4) is 11.5 Å². The number of ether oxygens (including phenoxy) is 1. The van der Waals surface area contributed by atoms with E-state index in [1.165, 1.54) is 24.3 Å². The van der Waals surface area contributed by atoms with Gasteiger partial charge in [0, 0.05) is 5.56 Å². The number of anilines is 2. The highest BCUT2D eigenvalue weighted by molar-refractivity contribution is 7.87. The molecule has 1 aliphatic heterocycles. The summed E-state index contributed by atoms with van der Waals surface area (Å²) in [6.45, 7) is 5.67. The van der Waals surface area contributed by atoms with Crippen molar-refractivity contribution in [1.29, 1.82) is 0 Å². The molecule has 5 rings (SSSR count). The summed E-state index contributed by atoms with van der Waals surface area (Å²) in [5.74, 6) is -1.57.